The molecule has 1 unspecified atom stereocenters. The molecular weight excluding hydrogens is 328 g/mol. The van der Waals surface area contributed by atoms with Crippen LogP contribution in [0, 0.1) is 36.5 Å². The van der Waals surface area contributed by atoms with Crippen molar-refractivity contribution in [1.29, 1.82) is 0 Å². The van der Waals surface area contributed by atoms with Crippen LogP contribution in [0.15, 0.2) is 12.1 Å². The Morgan fingerprint density at radius 2 is 1.78 bits per heavy atom. The molecule has 0 saturated heterocycles. The Morgan fingerprint density at radius 1 is 1.07 bits per heavy atom. The molecule has 1 aromatic carbocycles. The fourth-order valence-electron chi connectivity index (χ4n) is 7.53. The summed E-state index contributed by atoms with van der Waals surface area (Å²) in [6, 6.07) is 2.16. The Hall–Kier alpha value is -1.37. The van der Waals surface area contributed by atoms with Gasteiger partial charge in [0, 0.05) is 11.0 Å². The molecular formula is C26H36O. The number of hydrogen-bond acceptors (Lipinski definition) is 1. The number of aryl methyl sites for hydroxylation is 1. The number of rotatable bonds is 1. The molecule has 146 valence electrons. The van der Waals surface area contributed by atoms with Crippen LogP contribution in [0.2, 0.25) is 0 Å². The number of Topliss-reactive ketones (excluding diaryl/α,β-unsaturated/α-hetero) is 1. The third-order valence-electron chi connectivity index (χ3n) is 8.93. The van der Waals surface area contributed by atoms with Gasteiger partial charge in [0.2, 0.25) is 0 Å². The summed E-state index contributed by atoms with van der Waals surface area (Å²) in [7, 11) is 0. The van der Waals surface area contributed by atoms with Crippen LogP contribution < -0.4 is 0 Å². The van der Waals surface area contributed by atoms with Crippen molar-refractivity contribution in [3.05, 3.63) is 40.0 Å². The molecule has 0 spiro atoms. The van der Waals surface area contributed by atoms with Gasteiger partial charge >= 0.3 is 0 Å². The van der Waals surface area contributed by atoms with E-state index in [1.807, 2.05) is 0 Å². The van der Waals surface area contributed by atoms with Crippen LogP contribution >= 0.6 is 0 Å². The van der Waals surface area contributed by atoms with Crippen molar-refractivity contribution in [1.82, 2.24) is 0 Å². The van der Waals surface area contributed by atoms with E-state index in [9.17, 15) is 4.79 Å². The highest BCUT2D eigenvalue weighted by Gasteiger charge is 2.59. The van der Waals surface area contributed by atoms with Crippen LogP contribution in [0.1, 0.15) is 99.3 Å². The fourth-order valence-corrected chi connectivity index (χ4v) is 7.53. The van der Waals surface area contributed by atoms with Gasteiger partial charge in [-0.2, -0.15) is 0 Å². The van der Waals surface area contributed by atoms with E-state index in [0.29, 0.717) is 16.7 Å². The minimum atomic E-state index is 0.0716. The highest BCUT2D eigenvalue weighted by Crippen LogP contribution is 2.66. The van der Waals surface area contributed by atoms with E-state index in [-0.39, 0.29) is 11.2 Å². The number of carbonyl (C=O) groups is 1. The molecule has 3 aliphatic carbocycles. The van der Waals surface area contributed by atoms with Crippen LogP contribution in [-0.4, -0.2) is 5.78 Å². The molecule has 2 fully saturated rings. The lowest BCUT2D eigenvalue weighted by Gasteiger charge is -2.63. The van der Waals surface area contributed by atoms with Crippen LogP contribution in [-0.2, 0) is 5.41 Å². The number of fused-ring (bicyclic) bond motifs is 5. The third kappa shape index (κ3) is 2.46. The summed E-state index contributed by atoms with van der Waals surface area (Å²) >= 11 is 0. The molecule has 2 saturated carbocycles. The van der Waals surface area contributed by atoms with Crippen LogP contribution in [0.25, 0.3) is 6.08 Å². The van der Waals surface area contributed by atoms with Gasteiger partial charge in [0.05, 0.1) is 0 Å². The minimum Gasteiger partial charge on any atom is -0.295 e. The van der Waals surface area contributed by atoms with Crippen molar-refractivity contribution in [3.8, 4) is 0 Å². The Bertz CT molecular complexity index is 842. The van der Waals surface area contributed by atoms with Crippen molar-refractivity contribution in [2.75, 3.05) is 0 Å². The van der Waals surface area contributed by atoms with Gasteiger partial charge in [-0.1, -0.05) is 46.3 Å². The van der Waals surface area contributed by atoms with Gasteiger partial charge in [-0.15, -0.1) is 0 Å². The van der Waals surface area contributed by atoms with Crippen LogP contribution in [0.5, 0.6) is 0 Å². The van der Waals surface area contributed by atoms with Crippen molar-refractivity contribution in [2.45, 2.75) is 86.0 Å². The summed E-state index contributed by atoms with van der Waals surface area (Å²) in [5.41, 5.74) is 7.07. The molecule has 0 aliphatic heterocycles. The predicted molar refractivity (Wildman–Crippen MR) is 114 cm³/mol. The van der Waals surface area contributed by atoms with E-state index in [2.05, 4.69) is 59.8 Å². The average Bonchev–Trinajstić information content (AvgIpc) is 2.56. The molecule has 4 atom stereocenters. The number of hydrogen-bond donors (Lipinski definition) is 0. The van der Waals surface area contributed by atoms with Crippen molar-refractivity contribution in [3.63, 3.8) is 0 Å². The zero-order chi connectivity index (χ0) is 19.8. The summed E-state index contributed by atoms with van der Waals surface area (Å²) in [5, 5.41) is 0. The molecule has 1 nitrogen and oxygen atoms in total. The second-order valence-corrected chi connectivity index (χ2v) is 10.9. The van der Waals surface area contributed by atoms with Gasteiger partial charge in [0.25, 0.3) is 0 Å². The van der Waals surface area contributed by atoms with Crippen LogP contribution in [0.4, 0.5) is 0 Å². The van der Waals surface area contributed by atoms with E-state index in [1.54, 1.807) is 6.92 Å². The third-order valence-corrected chi connectivity index (χ3v) is 8.93. The van der Waals surface area contributed by atoms with Gasteiger partial charge < -0.3 is 0 Å². The molecule has 0 bridgehead atoms. The van der Waals surface area contributed by atoms with Crippen molar-refractivity contribution >= 4 is 11.9 Å². The summed E-state index contributed by atoms with van der Waals surface area (Å²) in [4.78, 5) is 12.6. The molecule has 1 heteroatoms. The quantitative estimate of drug-likeness (QED) is 0.489. The second kappa shape index (κ2) is 5.82. The molecule has 0 aromatic heterocycles. The summed E-state index contributed by atoms with van der Waals surface area (Å²) < 4.78 is 0. The monoisotopic (exact) mass is 364 g/mol. The molecule has 1 aromatic rings. The molecule has 4 rings (SSSR count). The van der Waals surface area contributed by atoms with E-state index in [0.717, 1.165) is 11.5 Å². The zero-order valence-corrected chi connectivity index (χ0v) is 18.3. The van der Waals surface area contributed by atoms with Gasteiger partial charge in [0.15, 0.2) is 5.78 Å². The van der Waals surface area contributed by atoms with Gasteiger partial charge in [-0.3, -0.25) is 4.79 Å². The van der Waals surface area contributed by atoms with E-state index < -0.39 is 0 Å². The summed E-state index contributed by atoms with van der Waals surface area (Å²) in [5.74, 6) is 1.52. The van der Waals surface area contributed by atoms with Gasteiger partial charge in [0.1, 0.15) is 0 Å². The fraction of sp³-hybridized carbons (Fsp3) is 0.654. The van der Waals surface area contributed by atoms with E-state index in [1.165, 1.54) is 54.4 Å². The first kappa shape index (κ1) is 19.0. The molecule has 27 heavy (non-hydrogen) atoms. The summed E-state index contributed by atoms with van der Waals surface area (Å²) in [6.45, 7) is 16.1. The Kier molecular flexibility index (Phi) is 4.09. The second-order valence-electron chi connectivity index (χ2n) is 10.9. The predicted octanol–water partition coefficient (Wildman–Crippen LogP) is 7.03. The summed E-state index contributed by atoms with van der Waals surface area (Å²) in [6.07, 6.45) is 11.4. The van der Waals surface area contributed by atoms with E-state index >= 15 is 0 Å². The normalized spacial score (nSPS) is 36.6. The maximum atomic E-state index is 12.6. The largest absolute Gasteiger partial charge is 0.295 e. The number of benzene rings is 1. The van der Waals surface area contributed by atoms with E-state index in [4.69, 9.17) is 0 Å². The molecule has 0 N–H and O–H groups in total. The average molecular weight is 365 g/mol. The Balaban J connectivity index is 1.94. The molecule has 0 amide bonds. The zero-order valence-electron chi connectivity index (χ0n) is 18.3. The van der Waals surface area contributed by atoms with Gasteiger partial charge in [-0.25, -0.2) is 0 Å². The van der Waals surface area contributed by atoms with Crippen molar-refractivity contribution < 1.29 is 4.79 Å². The number of allylic oxidation sites excluding steroid dienone is 1. The Labute approximate surface area is 165 Å². The van der Waals surface area contributed by atoms with Crippen molar-refractivity contribution in [2.24, 2.45) is 22.7 Å². The highest BCUT2D eigenvalue weighted by atomic mass is 16.1. The minimum absolute atomic E-state index is 0.0716. The lowest BCUT2D eigenvalue weighted by molar-refractivity contribution is -0.0877. The Morgan fingerprint density at radius 3 is 2.44 bits per heavy atom. The number of carbonyl (C=O) groups excluding carboxylic acids is 1. The molecule has 0 radical (unpaired) electrons. The van der Waals surface area contributed by atoms with Gasteiger partial charge in [-0.05, 0) is 97.4 Å². The smallest absolute Gasteiger partial charge is 0.160 e. The standard InChI is InChI=1S/C26H36O/c1-16-15-20(18(3)27)23-19(17(16)2)9-10-22-25(6)13-8-12-24(4,5)21(25)11-14-26(22,23)7/h9-10,15,21-22H,8,11-14H2,1-7H3/t21?,22-,25+,26-/m1/s1. The first-order valence-electron chi connectivity index (χ1n) is 10.9. The highest BCUT2D eigenvalue weighted by molar-refractivity contribution is 5.98. The lowest BCUT2D eigenvalue weighted by atomic mass is 9.41. The maximum absolute atomic E-state index is 12.6. The van der Waals surface area contributed by atoms with Crippen LogP contribution in [0.3, 0.4) is 0 Å². The SMILES string of the molecule is CC(=O)c1cc(C)c(C)c2c1[C@]1(C)CCC3C(C)(C)CCC[C@]3(C)[C@H]1C=C2. The topological polar surface area (TPSA) is 17.1 Å². The number of ketones is 1. The molecule has 3 aliphatic rings. The maximum Gasteiger partial charge on any atom is 0.160 e. The molecule has 0 heterocycles. The lowest BCUT2D eigenvalue weighted by Crippen LogP contribution is -2.56. The first-order valence-corrected chi connectivity index (χ1v) is 10.9. The first-order chi connectivity index (χ1) is 12.5.